The van der Waals surface area contributed by atoms with Gasteiger partial charge in [0.25, 0.3) is 0 Å². The maximum Gasteiger partial charge on any atom is 0.137 e. The van der Waals surface area contributed by atoms with Crippen molar-refractivity contribution in [3.63, 3.8) is 0 Å². The van der Waals surface area contributed by atoms with Crippen LogP contribution in [0.5, 0.6) is 5.75 Å². The molecule has 2 atom stereocenters. The molecule has 0 unspecified atom stereocenters. The standard InChI is InChI=1S/C22H30O2Si/c1-24-20-15-13-18(14-16-20)8-5-11-21-19(9-6-12-22(21)23)10-7-17-25(2,3)4/h7,10,13-16,19,21H,6,9,11-12,17H2,1-4H3/b10-7+/t19-,21-/m1/s1. The van der Waals surface area contributed by atoms with Crippen LogP contribution in [0.25, 0.3) is 0 Å². The van der Waals surface area contributed by atoms with Gasteiger partial charge in [0.2, 0.25) is 0 Å². The van der Waals surface area contributed by atoms with Crippen LogP contribution in [0.15, 0.2) is 36.4 Å². The van der Waals surface area contributed by atoms with Crippen molar-refractivity contribution >= 4 is 13.9 Å². The van der Waals surface area contributed by atoms with E-state index in [1.54, 1.807) is 7.11 Å². The van der Waals surface area contributed by atoms with Gasteiger partial charge in [-0.15, -0.1) is 0 Å². The summed E-state index contributed by atoms with van der Waals surface area (Å²) in [5.74, 6) is 8.08. The Labute approximate surface area is 153 Å². The minimum atomic E-state index is -1.07. The first-order valence-corrected chi connectivity index (χ1v) is 12.9. The second-order valence-corrected chi connectivity index (χ2v) is 13.6. The zero-order valence-electron chi connectivity index (χ0n) is 16.0. The number of allylic oxidation sites excluding steroid dienone is 2. The molecule has 0 N–H and O–H groups in total. The molecule has 25 heavy (non-hydrogen) atoms. The molecule has 0 radical (unpaired) electrons. The molecule has 1 aromatic rings. The second kappa shape index (κ2) is 9.06. The first kappa shape index (κ1) is 19.5. The molecule has 1 aliphatic carbocycles. The van der Waals surface area contributed by atoms with Gasteiger partial charge < -0.3 is 4.74 Å². The van der Waals surface area contributed by atoms with Gasteiger partial charge in [-0.2, -0.15) is 0 Å². The zero-order chi connectivity index (χ0) is 18.3. The number of hydrogen-bond acceptors (Lipinski definition) is 2. The molecule has 0 saturated heterocycles. The van der Waals surface area contributed by atoms with Gasteiger partial charge in [-0.3, -0.25) is 4.79 Å². The lowest BCUT2D eigenvalue weighted by molar-refractivity contribution is -0.125. The second-order valence-electron chi connectivity index (χ2n) is 8.06. The minimum Gasteiger partial charge on any atom is -0.497 e. The van der Waals surface area contributed by atoms with Gasteiger partial charge in [0.1, 0.15) is 11.5 Å². The Hall–Kier alpha value is -1.79. The quantitative estimate of drug-likeness (QED) is 0.406. The highest BCUT2D eigenvalue weighted by Crippen LogP contribution is 2.31. The summed E-state index contributed by atoms with van der Waals surface area (Å²) in [6, 6.07) is 8.93. The highest BCUT2D eigenvalue weighted by atomic mass is 28.3. The van der Waals surface area contributed by atoms with E-state index < -0.39 is 8.07 Å². The Morgan fingerprint density at radius 2 is 1.96 bits per heavy atom. The molecular formula is C22H30O2Si. The first-order valence-electron chi connectivity index (χ1n) is 9.21. The Kier molecular flexibility index (Phi) is 7.08. The summed E-state index contributed by atoms with van der Waals surface area (Å²) in [5, 5.41) is 0. The van der Waals surface area contributed by atoms with Crippen molar-refractivity contribution in [1.29, 1.82) is 0 Å². The molecule has 134 valence electrons. The van der Waals surface area contributed by atoms with E-state index in [1.807, 2.05) is 24.3 Å². The molecule has 0 spiro atoms. The van der Waals surface area contributed by atoms with Crippen molar-refractivity contribution in [1.82, 2.24) is 0 Å². The molecule has 0 heterocycles. The summed E-state index contributed by atoms with van der Waals surface area (Å²) < 4.78 is 5.16. The Bertz CT molecular complexity index is 656. The van der Waals surface area contributed by atoms with E-state index >= 15 is 0 Å². The van der Waals surface area contributed by atoms with E-state index in [9.17, 15) is 4.79 Å². The number of benzene rings is 1. The third kappa shape index (κ3) is 6.55. The lowest BCUT2D eigenvalue weighted by atomic mass is 9.76. The molecule has 3 heteroatoms. The van der Waals surface area contributed by atoms with Crippen LogP contribution in [0, 0.1) is 23.7 Å². The third-order valence-electron chi connectivity index (χ3n) is 4.65. The molecular weight excluding hydrogens is 324 g/mol. The van der Waals surface area contributed by atoms with Crippen LogP contribution in [0.2, 0.25) is 25.7 Å². The Morgan fingerprint density at radius 1 is 1.24 bits per heavy atom. The molecule has 2 nitrogen and oxygen atoms in total. The summed E-state index contributed by atoms with van der Waals surface area (Å²) in [7, 11) is 0.590. The van der Waals surface area contributed by atoms with Crippen LogP contribution in [0.3, 0.4) is 0 Å². The van der Waals surface area contributed by atoms with Gasteiger partial charge in [0.05, 0.1) is 7.11 Å². The average molecular weight is 355 g/mol. The molecule has 0 bridgehead atoms. The van der Waals surface area contributed by atoms with Gasteiger partial charge in [0.15, 0.2) is 0 Å². The van der Waals surface area contributed by atoms with E-state index in [2.05, 4.69) is 43.6 Å². The minimum absolute atomic E-state index is 0.0670. The summed E-state index contributed by atoms with van der Waals surface area (Å²) in [6.45, 7) is 7.13. The topological polar surface area (TPSA) is 26.3 Å². The van der Waals surface area contributed by atoms with Crippen molar-refractivity contribution in [3.8, 4) is 17.6 Å². The van der Waals surface area contributed by atoms with Crippen LogP contribution in [0.1, 0.15) is 31.2 Å². The van der Waals surface area contributed by atoms with E-state index in [0.717, 1.165) is 24.2 Å². The van der Waals surface area contributed by atoms with Gasteiger partial charge in [-0.1, -0.05) is 43.6 Å². The highest BCUT2D eigenvalue weighted by molar-refractivity contribution is 6.76. The predicted molar refractivity (Wildman–Crippen MR) is 108 cm³/mol. The van der Waals surface area contributed by atoms with Gasteiger partial charge in [0, 0.05) is 32.4 Å². The number of ether oxygens (including phenoxy) is 1. The van der Waals surface area contributed by atoms with Crippen LogP contribution in [-0.4, -0.2) is 21.0 Å². The van der Waals surface area contributed by atoms with Crippen molar-refractivity contribution in [3.05, 3.63) is 42.0 Å². The predicted octanol–water partition coefficient (Wildman–Crippen LogP) is 5.32. The lowest BCUT2D eigenvalue weighted by Gasteiger charge is -2.27. The highest BCUT2D eigenvalue weighted by Gasteiger charge is 2.29. The SMILES string of the molecule is COc1ccc(C#CC[C@H]2C(=O)CCC[C@@H]2/C=C/C[Si](C)(C)C)cc1. The molecule has 1 saturated carbocycles. The van der Waals surface area contributed by atoms with Gasteiger partial charge in [-0.25, -0.2) is 0 Å². The van der Waals surface area contributed by atoms with Crippen molar-refractivity contribution < 1.29 is 9.53 Å². The molecule has 0 aromatic heterocycles. The van der Waals surface area contributed by atoms with Crippen molar-refractivity contribution in [2.45, 2.75) is 51.4 Å². The van der Waals surface area contributed by atoms with Crippen LogP contribution >= 0.6 is 0 Å². The number of methoxy groups -OCH3 is 1. The van der Waals surface area contributed by atoms with Crippen LogP contribution in [-0.2, 0) is 4.79 Å². The summed E-state index contributed by atoms with van der Waals surface area (Å²) in [4.78, 5) is 12.4. The number of carbonyl (C=O) groups is 1. The lowest BCUT2D eigenvalue weighted by Crippen LogP contribution is -2.27. The number of rotatable bonds is 5. The number of carbonyl (C=O) groups excluding carboxylic acids is 1. The molecule has 0 amide bonds. The Morgan fingerprint density at radius 3 is 2.60 bits per heavy atom. The monoisotopic (exact) mass is 354 g/mol. The Balaban J connectivity index is 2.01. The maximum absolute atomic E-state index is 12.4. The van der Waals surface area contributed by atoms with Gasteiger partial charge in [-0.05, 0) is 49.1 Å². The molecule has 1 aliphatic rings. The number of Topliss-reactive ketones (excluding diaryl/α,β-unsaturated/α-hetero) is 1. The molecule has 1 fully saturated rings. The number of ketones is 1. The van der Waals surface area contributed by atoms with E-state index in [4.69, 9.17) is 4.74 Å². The van der Waals surface area contributed by atoms with Crippen LogP contribution in [0.4, 0.5) is 0 Å². The largest absolute Gasteiger partial charge is 0.497 e. The summed E-state index contributed by atoms with van der Waals surface area (Å²) in [5.41, 5.74) is 0.967. The fraction of sp³-hybridized carbons (Fsp3) is 0.500. The van der Waals surface area contributed by atoms with E-state index in [0.29, 0.717) is 24.5 Å². The first-order chi connectivity index (χ1) is 11.9. The smallest absolute Gasteiger partial charge is 0.137 e. The van der Waals surface area contributed by atoms with E-state index in [1.165, 1.54) is 6.04 Å². The summed E-state index contributed by atoms with van der Waals surface area (Å²) in [6.07, 6.45) is 8.13. The summed E-state index contributed by atoms with van der Waals surface area (Å²) >= 11 is 0. The third-order valence-corrected chi connectivity index (χ3v) is 6.11. The zero-order valence-corrected chi connectivity index (χ0v) is 17.0. The fourth-order valence-electron chi connectivity index (χ4n) is 3.17. The fourth-order valence-corrected chi connectivity index (χ4v) is 4.01. The molecule has 1 aromatic carbocycles. The number of hydrogen-bond donors (Lipinski definition) is 0. The van der Waals surface area contributed by atoms with Crippen molar-refractivity contribution in [2.24, 2.45) is 11.8 Å². The van der Waals surface area contributed by atoms with E-state index in [-0.39, 0.29) is 5.92 Å². The molecule has 2 rings (SSSR count). The normalized spacial score (nSPS) is 21.0. The van der Waals surface area contributed by atoms with Crippen LogP contribution < -0.4 is 4.74 Å². The molecule has 0 aliphatic heterocycles. The average Bonchev–Trinajstić information content (AvgIpc) is 2.56. The van der Waals surface area contributed by atoms with Gasteiger partial charge >= 0.3 is 0 Å². The van der Waals surface area contributed by atoms with Crippen molar-refractivity contribution in [2.75, 3.05) is 7.11 Å². The maximum atomic E-state index is 12.4.